The van der Waals surface area contributed by atoms with E-state index in [1.165, 1.54) is 0 Å². The van der Waals surface area contributed by atoms with Gasteiger partial charge in [0.05, 0.1) is 21.3 Å². The molecule has 0 aliphatic carbocycles. The van der Waals surface area contributed by atoms with E-state index in [1.807, 2.05) is 12.1 Å². The van der Waals surface area contributed by atoms with Crippen molar-refractivity contribution in [3.63, 3.8) is 0 Å². The summed E-state index contributed by atoms with van der Waals surface area (Å²) in [7, 11) is 8.77. The number of benzene rings is 1. The lowest BCUT2D eigenvalue weighted by Gasteiger charge is -2.20. The van der Waals surface area contributed by atoms with Crippen LogP contribution < -0.4 is 24.8 Å². The summed E-state index contributed by atoms with van der Waals surface area (Å²) in [4.78, 5) is 6.64. The van der Waals surface area contributed by atoms with Crippen LogP contribution in [0, 0.1) is 0 Å². The molecule has 0 radical (unpaired) electrons. The van der Waals surface area contributed by atoms with Crippen LogP contribution in [0.3, 0.4) is 0 Å². The van der Waals surface area contributed by atoms with E-state index in [4.69, 9.17) is 14.2 Å². The topological polar surface area (TPSA) is 67.4 Å². The molecule has 0 aliphatic rings. The van der Waals surface area contributed by atoms with Crippen molar-refractivity contribution in [2.75, 3.05) is 48.5 Å². The molecule has 28 heavy (non-hydrogen) atoms. The van der Waals surface area contributed by atoms with Crippen molar-refractivity contribution in [1.29, 1.82) is 0 Å². The minimum atomic E-state index is 0. The molecule has 1 aromatic rings. The monoisotopic (exact) mass is 508 g/mol. The number of hydrogen-bond acceptors (Lipinski definition) is 5. The zero-order chi connectivity index (χ0) is 20.2. The Morgan fingerprint density at radius 3 is 2.11 bits per heavy atom. The molecule has 0 fully saturated rings. The number of guanidine groups is 1. The van der Waals surface area contributed by atoms with Crippen LogP contribution in [0.4, 0.5) is 0 Å². The molecule has 1 aromatic carbocycles. The summed E-state index contributed by atoms with van der Waals surface area (Å²) < 4.78 is 16.2. The van der Waals surface area contributed by atoms with E-state index in [2.05, 4.69) is 41.4 Å². The number of halogens is 1. The van der Waals surface area contributed by atoms with Gasteiger partial charge in [-0.25, -0.2) is 0 Å². The average Bonchev–Trinajstić information content (AvgIpc) is 2.68. The molecule has 0 amide bonds. The Balaban J connectivity index is 0.00000729. The van der Waals surface area contributed by atoms with E-state index >= 15 is 0 Å². The molecule has 8 heteroatoms. The lowest BCUT2D eigenvalue weighted by molar-refractivity contribution is 0.268. The summed E-state index contributed by atoms with van der Waals surface area (Å²) in [5, 5.41) is 6.68. The molecule has 7 nitrogen and oxygen atoms in total. The van der Waals surface area contributed by atoms with Gasteiger partial charge in [0.15, 0.2) is 17.5 Å². The van der Waals surface area contributed by atoms with Gasteiger partial charge in [-0.15, -0.1) is 24.0 Å². The maximum absolute atomic E-state index is 5.40. The third-order valence-corrected chi connectivity index (χ3v) is 4.52. The van der Waals surface area contributed by atoms with Gasteiger partial charge in [-0.2, -0.15) is 0 Å². The predicted molar refractivity (Wildman–Crippen MR) is 127 cm³/mol. The molecule has 0 atom stereocenters. The fraction of sp³-hybridized carbons (Fsp3) is 0.650. The van der Waals surface area contributed by atoms with Crippen LogP contribution in [-0.2, 0) is 6.54 Å². The first-order chi connectivity index (χ1) is 13.0. The summed E-state index contributed by atoms with van der Waals surface area (Å²) in [6, 6.07) is 4.46. The van der Waals surface area contributed by atoms with E-state index in [-0.39, 0.29) is 24.0 Å². The van der Waals surface area contributed by atoms with Gasteiger partial charge in [0.2, 0.25) is 5.75 Å². The quantitative estimate of drug-likeness (QED) is 0.207. The molecule has 162 valence electrons. The molecular formula is C20H37IN4O3. The Bertz CT molecular complexity index is 572. The van der Waals surface area contributed by atoms with Crippen LogP contribution in [-0.4, -0.2) is 65.4 Å². The molecule has 0 unspecified atom stereocenters. The highest BCUT2D eigenvalue weighted by Crippen LogP contribution is 2.38. The van der Waals surface area contributed by atoms with Crippen molar-refractivity contribution >= 4 is 29.9 Å². The first-order valence-corrected chi connectivity index (χ1v) is 9.40. The molecule has 0 aromatic heterocycles. The zero-order valence-corrected chi connectivity index (χ0v) is 20.6. The lowest BCUT2D eigenvalue weighted by Crippen LogP contribution is -2.37. The largest absolute Gasteiger partial charge is 0.493 e. The Morgan fingerprint density at radius 2 is 1.64 bits per heavy atom. The highest BCUT2D eigenvalue weighted by atomic mass is 127. The summed E-state index contributed by atoms with van der Waals surface area (Å²) in [5.41, 5.74) is 1.02. The van der Waals surface area contributed by atoms with Gasteiger partial charge in [0.25, 0.3) is 0 Å². The number of aliphatic imine (C=N–C) groups is 1. The molecule has 2 N–H and O–H groups in total. The lowest BCUT2D eigenvalue weighted by atomic mass is 10.2. The molecule has 0 saturated heterocycles. The number of methoxy groups -OCH3 is 3. The van der Waals surface area contributed by atoms with Gasteiger partial charge in [-0.3, -0.25) is 4.99 Å². The predicted octanol–water partition coefficient (Wildman–Crippen LogP) is 3.12. The third-order valence-electron chi connectivity index (χ3n) is 4.52. The first-order valence-electron chi connectivity index (χ1n) is 9.40. The average molecular weight is 508 g/mol. The summed E-state index contributed by atoms with van der Waals surface area (Å²) >= 11 is 0. The minimum absolute atomic E-state index is 0. The van der Waals surface area contributed by atoms with Gasteiger partial charge < -0.3 is 29.7 Å². The van der Waals surface area contributed by atoms with E-state index < -0.39 is 0 Å². The highest BCUT2D eigenvalue weighted by molar-refractivity contribution is 14.0. The second kappa shape index (κ2) is 14.6. The second-order valence-electron chi connectivity index (χ2n) is 6.67. The Morgan fingerprint density at radius 1 is 1.04 bits per heavy atom. The smallest absolute Gasteiger partial charge is 0.203 e. The normalized spacial score (nSPS) is 11.2. The molecule has 0 saturated carbocycles. The fourth-order valence-corrected chi connectivity index (χ4v) is 2.60. The molecular weight excluding hydrogens is 471 g/mol. The van der Waals surface area contributed by atoms with E-state index in [9.17, 15) is 0 Å². The van der Waals surface area contributed by atoms with Gasteiger partial charge >= 0.3 is 0 Å². The van der Waals surface area contributed by atoms with E-state index in [0.717, 1.165) is 37.5 Å². The zero-order valence-electron chi connectivity index (χ0n) is 18.3. The maximum Gasteiger partial charge on any atom is 0.203 e. The minimum Gasteiger partial charge on any atom is -0.493 e. The Hall–Kier alpha value is -1.42. The third kappa shape index (κ3) is 8.72. The number of rotatable bonds is 11. The molecule has 0 aliphatic heterocycles. The van der Waals surface area contributed by atoms with Crippen LogP contribution in [0.2, 0.25) is 0 Å². The van der Waals surface area contributed by atoms with Crippen molar-refractivity contribution in [3.8, 4) is 17.2 Å². The number of nitrogens with one attached hydrogen (secondary N) is 2. The van der Waals surface area contributed by atoms with Crippen molar-refractivity contribution in [2.45, 2.75) is 39.3 Å². The number of unbranched alkanes of at least 4 members (excludes halogenated alkanes) is 1. The fourth-order valence-electron chi connectivity index (χ4n) is 2.60. The van der Waals surface area contributed by atoms with Gasteiger partial charge in [-0.05, 0) is 58.0 Å². The second-order valence-corrected chi connectivity index (χ2v) is 6.67. The van der Waals surface area contributed by atoms with Crippen molar-refractivity contribution in [1.82, 2.24) is 15.5 Å². The highest BCUT2D eigenvalue weighted by Gasteiger charge is 2.13. The Kier molecular flexibility index (Phi) is 13.8. The SMILES string of the molecule is CN=C(NCCCCN(C)C(C)C)NCc1cc(OC)c(OC)c(OC)c1.I. The number of hydrogen-bond donors (Lipinski definition) is 2. The summed E-state index contributed by atoms with van der Waals surface area (Å²) in [6.45, 7) is 7.03. The van der Waals surface area contributed by atoms with Crippen LogP contribution in [0.25, 0.3) is 0 Å². The van der Waals surface area contributed by atoms with Crippen LogP contribution in [0.5, 0.6) is 17.2 Å². The van der Waals surface area contributed by atoms with Gasteiger partial charge in [0, 0.05) is 26.2 Å². The first kappa shape index (κ1) is 26.6. The molecule has 0 heterocycles. The summed E-state index contributed by atoms with van der Waals surface area (Å²) in [5.74, 6) is 2.66. The van der Waals surface area contributed by atoms with Crippen LogP contribution >= 0.6 is 24.0 Å². The van der Waals surface area contributed by atoms with Gasteiger partial charge in [-0.1, -0.05) is 0 Å². The van der Waals surface area contributed by atoms with Crippen molar-refractivity contribution in [2.24, 2.45) is 4.99 Å². The molecule has 0 bridgehead atoms. The number of nitrogens with zero attached hydrogens (tertiary/aromatic N) is 2. The standard InChI is InChI=1S/C20H36N4O3.HI/c1-15(2)24(4)11-9-8-10-22-20(21-3)23-14-16-12-17(25-5)19(27-7)18(13-16)26-6;/h12-13,15H,8-11,14H2,1-7H3,(H2,21,22,23);1H. The van der Waals surface area contributed by atoms with E-state index in [0.29, 0.717) is 29.8 Å². The van der Waals surface area contributed by atoms with Gasteiger partial charge in [0.1, 0.15) is 0 Å². The van der Waals surface area contributed by atoms with Crippen molar-refractivity contribution < 1.29 is 14.2 Å². The Labute approximate surface area is 187 Å². The molecule has 1 rings (SSSR count). The van der Waals surface area contributed by atoms with Crippen molar-refractivity contribution in [3.05, 3.63) is 17.7 Å². The summed E-state index contributed by atoms with van der Waals surface area (Å²) in [6.07, 6.45) is 2.26. The number of ether oxygens (including phenoxy) is 3. The van der Waals surface area contributed by atoms with Crippen LogP contribution in [0.1, 0.15) is 32.3 Å². The molecule has 0 spiro atoms. The van der Waals surface area contributed by atoms with Crippen LogP contribution in [0.15, 0.2) is 17.1 Å². The maximum atomic E-state index is 5.40. The van der Waals surface area contributed by atoms with E-state index in [1.54, 1.807) is 28.4 Å².